The molecule has 0 bridgehead atoms. The molecule has 1 aromatic rings. The van der Waals surface area contributed by atoms with Crippen molar-refractivity contribution in [1.82, 2.24) is 5.32 Å². The Bertz CT molecular complexity index is 378. The van der Waals surface area contributed by atoms with Gasteiger partial charge < -0.3 is 5.32 Å². The summed E-state index contributed by atoms with van der Waals surface area (Å²) in [5.74, 6) is -0.113. The highest BCUT2D eigenvalue weighted by molar-refractivity contribution is 5.79. The van der Waals surface area contributed by atoms with E-state index in [9.17, 15) is 9.18 Å². The van der Waals surface area contributed by atoms with Gasteiger partial charge >= 0.3 is 0 Å². The predicted molar refractivity (Wildman–Crippen MR) is 60.5 cm³/mol. The highest BCUT2D eigenvalue weighted by Gasteiger charge is 2.20. The first-order valence-corrected chi connectivity index (χ1v) is 5.78. The predicted octanol–water partition coefficient (Wildman–Crippen LogP) is 2.28. The van der Waals surface area contributed by atoms with E-state index in [0.717, 1.165) is 31.4 Å². The highest BCUT2D eigenvalue weighted by Crippen LogP contribution is 2.18. The normalized spacial score (nSPS) is 21.3. The molecule has 1 aromatic carbocycles. The van der Waals surface area contributed by atoms with Crippen molar-refractivity contribution in [2.45, 2.75) is 25.7 Å². The van der Waals surface area contributed by atoms with Gasteiger partial charge in [-0.05, 0) is 37.0 Å². The molecular formula is C13H16FNO. The Morgan fingerprint density at radius 1 is 1.38 bits per heavy atom. The van der Waals surface area contributed by atoms with Crippen LogP contribution in [0.15, 0.2) is 24.3 Å². The van der Waals surface area contributed by atoms with Crippen molar-refractivity contribution in [2.75, 3.05) is 6.54 Å². The Kier molecular flexibility index (Phi) is 3.54. The minimum Gasteiger partial charge on any atom is -0.356 e. The molecule has 0 spiro atoms. The fourth-order valence-electron chi connectivity index (χ4n) is 2.15. The molecule has 0 radical (unpaired) electrons. The zero-order valence-corrected chi connectivity index (χ0v) is 9.21. The Labute approximate surface area is 94.9 Å². The first kappa shape index (κ1) is 11.1. The van der Waals surface area contributed by atoms with Crippen LogP contribution in [-0.2, 0) is 11.2 Å². The van der Waals surface area contributed by atoms with Crippen molar-refractivity contribution in [2.24, 2.45) is 5.92 Å². The van der Waals surface area contributed by atoms with Crippen LogP contribution >= 0.6 is 0 Å². The van der Waals surface area contributed by atoms with Gasteiger partial charge in [0.25, 0.3) is 0 Å². The molecule has 16 heavy (non-hydrogen) atoms. The first-order chi connectivity index (χ1) is 7.75. The van der Waals surface area contributed by atoms with E-state index < -0.39 is 0 Å². The molecule has 0 aromatic heterocycles. The molecule has 1 aliphatic rings. The second-order valence-electron chi connectivity index (χ2n) is 4.32. The summed E-state index contributed by atoms with van der Waals surface area (Å²) in [7, 11) is 0. The zero-order chi connectivity index (χ0) is 11.4. The summed E-state index contributed by atoms with van der Waals surface area (Å²) >= 11 is 0. The summed E-state index contributed by atoms with van der Waals surface area (Å²) in [4.78, 5) is 11.7. The molecule has 0 saturated carbocycles. The van der Waals surface area contributed by atoms with Crippen LogP contribution in [0.5, 0.6) is 0 Å². The van der Waals surface area contributed by atoms with E-state index in [4.69, 9.17) is 0 Å². The maximum atomic E-state index is 13.0. The summed E-state index contributed by atoms with van der Waals surface area (Å²) in [6.45, 7) is 0.776. The van der Waals surface area contributed by atoms with E-state index in [1.54, 1.807) is 6.07 Å². The number of benzene rings is 1. The van der Waals surface area contributed by atoms with Crippen LogP contribution in [0.3, 0.4) is 0 Å². The number of amides is 1. The van der Waals surface area contributed by atoms with E-state index in [2.05, 4.69) is 5.32 Å². The highest BCUT2D eigenvalue weighted by atomic mass is 19.1. The maximum Gasteiger partial charge on any atom is 0.223 e. The number of hydrogen-bond donors (Lipinski definition) is 1. The Hall–Kier alpha value is -1.38. The summed E-state index contributed by atoms with van der Waals surface area (Å²) in [6, 6.07) is 6.51. The molecule has 1 amide bonds. The second-order valence-corrected chi connectivity index (χ2v) is 4.32. The maximum absolute atomic E-state index is 13.0. The van der Waals surface area contributed by atoms with Gasteiger partial charge in [0.15, 0.2) is 0 Å². The Balaban J connectivity index is 2.05. The molecule has 2 nitrogen and oxygen atoms in total. The average molecular weight is 221 g/mol. The van der Waals surface area contributed by atoms with Crippen molar-refractivity contribution in [3.05, 3.63) is 35.6 Å². The Morgan fingerprint density at radius 2 is 2.25 bits per heavy atom. The third kappa shape index (κ3) is 2.81. The summed E-state index contributed by atoms with van der Waals surface area (Å²) in [5, 5.41) is 2.90. The third-order valence-electron chi connectivity index (χ3n) is 3.02. The van der Waals surface area contributed by atoms with Crippen LogP contribution in [-0.4, -0.2) is 12.5 Å². The SMILES string of the molecule is O=C1NCCCCC1Cc1cccc(F)c1. The number of hydrogen-bond acceptors (Lipinski definition) is 1. The Morgan fingerprint density at radius 3 is 3.06 bits per heavy atom. The van der Waals surface area contributed by atoms with Crippen molar-refractivity contribution in [1.29, 1.82) is 0 Å². The van der Waals surface area contributed by atoms with Gasteiger partial charge in [0.1, 0.15) is 5.82 Å². The van der Waals surface area contributed by atoms with Gasteiger partial charge in [-0.1, -0.05) is 18.6 Å². The summed E-state index contributed by atoms with van der Waals surface area (Å²) < 4.78 is 13.0. The van der Waals surface area contributed by atoms with E-state index in [1.165, 1.54) is 12.1 Å². The largest absolute Gasteiger partial charge is 0.356 e. The van der Waals surface area contributed by atoms with E-state index in [-0.39, 0.29) is 17.6 Å². The number of nitrogens with one attached hydrogen (secondary N) is 1. The molecule has 1 unspecified atom stereocenters. The molecule has 1 saturated heterocycles. The van der Waals surface area contributed by atoms with Crippen molar-refractivity contribution in [3.63, 3.8) is 0 Å². The number of rotatable bonds is 2. The van der Waals surface area contributed by atoms with Gasteiger partial charge in [-0.15, -0.1) is 0 Å². The fraction of sp³-hybridized carbons (Fsp3) is 0.462. The average Bonchev–Trinajstić information content (AvgIpc) is 2.45. The van der Waals surface area contributed by atoms with Crippen LogP contribution < -0.4 is 5.32 Å². The van der Waals surface area contributed by atoms with Crippen molar-refractivity contribution >= 4 is 5.91 Å². The topological polar surface area (TPSA) is 29.1 Å². The minimum atomic E-state index is -0.230. The molecule has 1 heterocycles. The van der Waals surface area contributed by atoms with Crippen LogP contribution in [0, 0.1) is 11.7 Å². The summed E-state index contributed by atoms with van der Waals surface area (Å²) in [5.41, 5.74) is 0.905. The quantitative estimate of drug-likeness (QED) is 0.815. The van der Waals surface area contributed by atoms with E-state index in [0.29, 0.717) is 6.42 Å². The smallest absolute Gasteiger partial charge is 0.223 e. The van der Waals surface area contributed by atoms with Crippen LogP contribution in [0.1, 0.15) is 24.8 Å². The van der Waals surface area contributed by atoms with E-state index >= 15 is 0 Å². The number of halogens is 1. The molecular weight excluding hydrogens is 205 g/mol. The standard InChI is InChI=1S/C13H16FNO/c14-12-6-3-4-10(9-12)8-11-5-1-2-7-15-13(11)16/h3-4,6,9,11H,1-2,5,7-8H2,(H,15,16). The first-order valence-electron chi connectivity index (χ1n) is 5.78. The second kappa shape index (κ2) is 5.10. The van der Waals surface area contributed by atoms with Crippen molar-refractivity contribution < 1.29 is 9.18 Å². The molecule has 0 aliphatic carbocycles. The van der Waals surface area contributed by atoms with Gasteiger partial charge in [0.05, 0.1) is 0 Å². The van der Waals surface area contributed by atoms with Gasteiger partial charge in [0.2, 0.25) is 5.91 Å². The zero-order valence-electron chi connectivity index (χ0n) is 9.21. The lowest BCUT2D eigenvalue weighted by molar-refractivity contribution is -0.124. The monoisotopic (exact) mass is 221 g/mol. The third-order valence-corrected chi connectivity index (χ3v) is 3.02. The molecule has 1 atom stereocenters. The van der Waals surface area contributed by atoms with Crippen LogP contribution in [0.25, 0.3) is 0 Å². The molecule has 2 rings (SSSR count). The molecule has 1 aliphatic heterocycles. The molecule has 1 fully saturated rings. The fourth-order valence-corrected chi connectivity index (χ4v) is 2.15. The number of carbonyl (C=O) groups excluding carboxylic acids is 1. The van der Waals surface area contributed by atoms with Crippen molar-refractivity contribution in [3.8, 4) is 0 Å². The number of carbonyl (C=O) groups is 1. The molecule has 3 heteroatoms. The van der Waals surface area contributed by atoms with Crippen LogP contribution in [0.4, 0.5) is 4.39 Å². The lowest BCUT2D eigenvalue weighted by Crippen LogP contribution is -2.30. The minimum absolute atomic E-state index is 0.00398. The lowest BCUT2D eigenvalue weighted by atomic mass is 9.94. The van der Waals surface area contributed by atoms with Crippen LogP contribution in [0.2, 0.25) is 0 Å². The van der Waals surface area contributed by atoms with Gasteiger partial charge in [-0.2, -0.15) is 0 Å². The summed E-state index contributed by atoms with van der Waals surface area (Å²) in [6.07, 6.45) is 3.66. The van der Waals surface area contributed by atoms with Gasteiger partial charge in [-0.3, -0.25) is 4.79 Å². The van der Waals surface area contributed by atoms with Gasteiger partial charge in [0, 0.05) is 12.5 Å². The molecule has 1 N–H and O–H groups in total. The van der Waals surface area contributed by atoms with Gasteiger partial charge in [-0.25, -0.2) is 4.39 Å². The lowest BCUT2D eigenvalue weighted by Gasteiger charge is -2.12. The van der Waals surface area contributed by atoms with E-state index in [1.807, 2.05) is 6.07 Å². The molecule has 86 valence electrons.